The number of benzene rings is 1. The second-order valence-corrected chi connectivity index (χ2v) is 7.55. The van der Waals surface area contributed by atoms with Crippen LogP contribution in [0.25, 0.3) is 5.65 Å². The van der Waals surface area contributed by atoms with Gasteiger partial charge in [-0.15, -0.1) is 0 Å². The first-order chi connectivity index (χ1) is 13.3. The van der Waals surface area contributed by atoms with Gasteiger partial charge in [0.05, 0.1) is 19.1 Å². The van der Waals surface area contributed by atoms with E-state index < -0.39 is 5.60 Å². The summed E-state index contributed by atoms with van der Waals surface area (Å²) in [7, 11) is 0. The first-order valence-electron chi connectivity index (χ1n) is 9.34. The van der Waals surface area contributed by atoms with Crippen LogP contribution in [-0.4, -0.2) is 50.3 Å². The number of ether oxygens (including phenoxy) is 1. The molecule has 2 atom stereocenters. The molecule has 2 aromatic heterocycles. The highest BCUT2D eigenvalue weighted by Gasteiger charge is 2.63. The Hall–Kier alpha value is -2.93. The molecule has 6 rings (SSSR count). The third-order valence-corrected chi connectivity index (χ3v) is 6.00. The summed E-state index contributed by atoms with van der Waals surface area (Å²) in [5.41, 5.74) is 1.27. The molecular formula is C20H19N5O2. The SMILES string of the molecule is O=C1N2C(CCC2c2ccccc2)OC12CN(c1cccc3ncnn13)C2. The third-order valence-electron chi connectivity index (χ3n) is 6.00. The average Bonchev–Trinajstić information content (AvgIpc) is 3.36. The van der Waals surface area contributed by atoms with Crippen LogP contribution in [0.1, 0.15) is 24.4 Å². The molecule has 7 nitrogen and oxygen atoms in total. The summed E-state index contributed by atoms with van der Waals surface area (Å²) in [6.45, 7) is 1.11. The lowest BCUT2D eigenvalue weighted by atomic mass is 9.92. The van der Waals surface area contributed by atoms with E-state index in [2.05, 4.69) is 27.1 Å². The van der Waals surface area contributed by atoms with Crippen molar-refractivity contribution in [3.05, 3.63) is 60.4 Å². The van der Waals surface area contributed by atoms with Gasteiger partial charge in [-0.25, -0.2) is 4.98 Å². The zero-order chi connectivity index (χ0) is 18.0. The monoisotopic (exact) mass is 361 g/mol. The minimum Gasteiger partial charge on any atom is -0.349 e. The number of fused-ring (bicyclic) bond motifs is 2. The maximum atomic E-state index is 13.3. The van der Waals surface area contributed by atoms with Crippen molar-refractivity contribution in [2.24, 2.45) is 0 Å². The van der Waals surface area contributed by atoms with Gasteiger partial charge in [0.25, 0.3) is 5.91 Å². The Balaban J connectivity index is 1.27. The van der Waals surface area contributed by atoms with Crippen molar-refractivity contribution >= 4 is 17.4 Å². The number of nitrogens with zero attached hydrogens (tertiary/aromatic N) is 5. The van der Waals surface area contributed by atoms with Gasteiger partial charge >= 0.3 is 0 Å². The second kappa shape index (κ2) is 5.29. The Morgan fingerprint density at radius 1 is 1.04 bits per heavy atom. The van der Waals surface area contributed by atoms with Gasteiger partial charge in [0.15, 0.2) is 11.2 Å². The first-order valence-corrected chi connectivity index (χ1v) is 9.34. The molecule has 0 saturated carbocycles. The lowest BCUT2D eigenvalue weighted by Gasteiger charge is -2.46. The van der Waals surface area contributed by atoms with Crippen molar-refractivity contribution in [3.63, 3.8) is 0 Å². The summed E-state index contributed by atoms with van der Waals surface area (Å²) < 4.78 is 8.11. The molecule has 1 aromatic carbocycles. The molecule has 3 aliphatic heterocycles. The van der Waals surface area contributed by atoms with E-state index >= 15 is 0 Å². The number of carbonyl (C=O) groups excluding carboxylic acids is 1. The molecule has 0 radical (unpaired) electrons. The van der Waals surface area contributed by atoms with Crippen LogP contribution in [-0.2, 0) is 9.53 Å². The van der Waals surface area contributed by atoms with E-state index in [9.17, 15) is 4.79 Å². The third kappa shape index (κ3) is 2.03. The van der Waals surface area contributed by atoms with Crippen LogP contribution in [0.3, 0.4) is 0 Å². The van der Waals surface area contributed by atoms with Crippen molar-refractivity contribution in [1.29, 1.82) is 0 Å². The van der Waals surface area contributed by atoms with Gasteiger partial charge in [0, 0.05) is 0 Å². The highest BCUT2D eigenvalue weighted by atomic mass is 16.6. The zero-order valence-electron chi connectivity index (χ0n) is 14.7. The summed E-state index contributed by atoms with van der Waals surface area (Å²) in [5, 5.41) is 4.29. The highest BCUT2D eigenvalue weighted by Crippen LogP contribution is 2.47. The van der Waals surface area contributed by atoms with E-state index in [-0.39, 0.29) is 18.2 Å². The van der Waals surface area contributed by atoms with Crippen molar-refractivity contribution < 1.29 is 9.53 Å². The standard InChI is InChI=1S/C20H19N5O2/c26-19-20(11-23(12-20)17-8-4-7-16-21-13-22-25(16)17)27-18-10-9-15(24(18)19)14-5-2-1-3-6-14/h1-8,13,15,18H,9-12H2. The molecule has 2 unspecified atom stereocenters. The summed E-state index contributed by atoms with van der Waals surface area (Å²) in [6.07, 6.45) is 3.29. The highest BCUT2D eigenvalue weighted by molar-refractivity contribution is 5.91. The molecule has 7 heteroatoms. The van der Waals surface area contributed by atoms with Crippen molar-refractivity contribution in [3.8, 4) is 0 Å². The number of pyridine rings is 1. The van der Waals surface area contributed by atoms with E-state index in [0.717, 1.165) is 24.3 Å². The van der Waals surface area contributed by atoms with Crippen molar-refractivity contribution in [2.75, 3.05) is 18.0 Å². The molecule has 1 amide bonds. The van der Waals surface area contributed by atoms with Gasteiger partial charge in [-0.3, -0.25) is 4.79 Å². The Labute approximate surface area is 156 Å². The van der Waals surface area contributed by atoms with Gasteiger partial charge < -0.3 is 14.5 Å². The van der Waals surface area contributed by atoms with Gasteiger partial charge in [-0.1, -0.05) is 36.4 Å². The number of hydrogen-bond acceptors (Lipinski definition) is 5. The van der Waals surface area contributed by atoms with Crippen LogP contribution in [0.4, 0.5) is 5.82 Å². The zero-order valence-corrected chi connectivity index (χ0v) is 14.7. The molecular weight excluding hydrogens is 342 g/mol. The van der Waals surface area contributed by atoms with E-state index in [1.165, 1.54) is 5.56 Å². The normalized spacial score (nSPS) is 26.0. The summed E-state index contributed by atoms with van der Waals surface area (Å²) in [5.74, 6) is 1.07. The number of rotatable bonds is 2. The molecule has 27 heavy (non-hydrogen) atoms. The Bertz CT molecular complexity index is 1030. The van der Waals surface area contributed by atoms with E-state index in [1.54, 1.807) is 10.8 Å². The minimum absolute atomic E-state index is 0.105. The lowest BCUT2D eigenvalue weighted by Crippen LogP contribution is -2.67. The lowest BCUT2D eigenvalue weighted by molar-refractivity contribution is -0.140. The quantitative estimate of drug-likeness (QED) is 0.699. The molecule has 1 spiro atoms. The van der Waals surface area contributed by atoms with Crippen LogP contribution < -0.4 is 4.90 Å². The van der Waals surface area contributed by atoms with Crippen LogP contribution >= 0.6 is 0 Å². The fraction of sp³-hybridized carbons (Fsp3) is 0.350. The van der Waals surface area contributed by atoms with Crippen LogP contribution in [0.15, 0.2) is 54.9 Å². The predicted molar refractivity (Wildman–Crippen MR) is 98.1 cm³/mol. The van der Waals surface area contributed by atoms with Crippen molar-refractivity contribution in [2.45, 2.75) is 30.7 Å². The fourth-order valence-corrected chi connectivity index (χ4v) is 4.73. The van der Waals surface area contributed by atoms with E-state index in [4.69, 9.17) is 4.74 Å². The van der Waals surface area contributed by atoms with E-state index in [1.807, 2.05) is 41.3 Å². The summed E-state index contributed by atoms with van der Waals surface area (Å²) in [4.78, 5) is 21.7. The summed E-state index contributed by atoms with van der Waals surface area (Å²) in [6, 6.07) is 16.3. The van der Waals surface area contributed by atoms with Gasteiger partial charge in [-0.2, -0.15) is 9.61 Å². The number of aromatic nitrogens is 3. The maximum absolute atomic E-state index is 13.3. The Morgan fingerprint density at radius 3 is 2.74 bits per heavy atom. The predicted octanol–water partition coefficient (Wildman–Crippen LogP) is 2.01. The van der Waals surface area contributed by atoms with Gasteiger partial charge in [0.2, 0.25) is 0 Å². The molecule has 3 saturated heterocycles. The molecule has 0 bridgehead atoms. The Morgan fingerprint density at radius 2 is 1.89 bits per heavy atom. The number of amides is 1. The van der Waals surface area contributed by atoms with Gasteiger partial charge in [-0.05, 0) is 30.5 Å². The maximum Gasteiger partial charge on any atom is 0.261 e. The molecule has 0 aliphatic carbocycles. The molecule has 136 valence electrons. The van der Waals surface area contributed by atoms with E-state index in [0.29, 0.717) is 13.1 Å². The Kier molecular flexibility index (Phi) is 2.97. The van der Waals surface area contributed by atoms with Crippen LogP contribution in [0.2, 0.25) is 0 Å². The van der Waals surface area contributed by atoms with Crippen LogP contribution in [0.5, 0.6) is 0 Å². The molecule has 3 aliphatic rings. The first kappa shape index (κ1) is 15.2. The topological polar surface area (TPSA) is 63.0 Å². The van der Waals surface area contributed by atoms with Gasteiger partial charge in [0.1, 0.15) is 18.4 Å². The fourth-order valence-electron chi connectivity index (χ4n) is 4.73. The molecule has 5 heterocycles. The minimum atomic E-state index is -0.721. The molecule has 0 N–H and O–H groups in total. The second-order valence-electron chi connectivity index (χ2n) is 7.55. The van der Waals surface area contributed by atoms with Crippen molar-refractivity contribution in [1.82, 2.24) is 19.5 Å². The average molecular weight is 361 g/mol. The smallest absolute Gasteiger partial charge is 0.261 e. The number of anilines is 1. The largest absolute Gasteiger partial charge is 0.349 e. The molecule has 3 aromatic rings. The number of carbonyl (C=O) groups is 1. The number of hydrogen-bond donors (Lipinski definition) is 0. The van der Waals surface area contributed by atoms with Crippen LogP contribution in [0, 0.1) is 0 Å². The molecule has 3 fully saturated rings. The summed E-state index contributed by atoms with van der Waals surface area (Å²) >= 11 is 0.